The smallest absolute Gasteiger partial charge is 0.225 e. The summed E-state index contributed by atoms with van der Waals surface area (Å²) in [5.41, 5.74) is 7.69. The van der Waals surface area contributed by atoms with Crippen LogP contribution in [0.2, 0.25) is 0 Å². The van der Waals surface area contributed by atoms with Crippen molar-refractivity contribution in [3.05, 3.63) is 0 Å². The van der Waals surface area contributed by atoms with E-state index in [1.165, 1.54) is 51.4 Å². The van der Waals surface area contributed by atoms with Gasteiger partial charge in [-0.25, -0.2) is 0 Å². The molecule has 5 rings (SSSR count). The molecule has 0 aromatic heterocycles. The van der Waals surface area contributed by atoms with Crippen LogP contribution in [0.4, 0.5) is 0 Å². The molecule has 22 heavy (non-hydrogen) atoms. The topological polar surface area (TPSA) is 46.3 Å². The highest BCUT2D eigenvalue weighted by molar-refractivity contribution is 5.79. The standard InChI is InChI=1S/C19H30N2O/c20-17-18(14-6-8-19(17)12-15(14)19)7-4-5-13(11-18)16(22)21-9-2-1-3-10-21/h13-15,17H,1-12,20H2/t13?,14-,15?,17-,18+,19?/m0/s1. The fourth-order valence-electron chi connectivity index (χ4n) is 7.35. The van der Waals surface area contributed by atoms with Crippen LogP contribution in [-0.2, 0) is 4.79 Å². The van der Waals surface area contributed by atoms with E-state index < -0.39 is 0 Å². The lowest BCUT2D eigenvalue weighted by Crippen LogP contribution is -2.54. The summed E-state index contributed by atoms with van der Waals surface area (Å²) in [5, 5.41) is 0. The fraction of sp³-hybridized carbons (Fsp3) is 0.947. The molecule has 4 saturated carbocycles. The van der Waals surface area contributed by atoms with Crippen LogP contribution in [-0.4, -0.2) is 29.9 Å². The van der Waals surface area contributed by atoms with Gasteiger partial charge in [-0.15, -0.1) is 0 Å². The maximum atomic E-state index is 13.0. The van der Waals surface area contributed by atoms with E-state index in [1.807, 2.05) is 0 Å². The second kappa shape index (κ2) is 4.49. The van der Waals surface area contributed by atoms with E-state index in [4.69, 9.17) is 5.73 Å². The summed E-state index contributed by atoms with van der Waals surface area (Å²) in [4.78, 5) is 15.2. The van der Waals surface area contributed by atoms with Crippen molar-refractivity contribution in [3.8, 4) is 0 Å². The second-order valence-corrected chi connectivity index (χ2v) is 9.08. The van der Waals surface area contributed by atoms with Crippen LogP contribution in [0.5, 0.6) is 0 Å². The summed E-state index contributed by atoms with van der Waals surface area (Å²) in [5.74, 6) is 2.55. The summed E-state index contributed by atoms with van der Waals surface area (Å²) in [6.07, 6.45) is 12.7. The van der Waals surface area contributed by atoms with Gasteiger partial charge in [-0.05, 0) is 80.5 Å². The number of piperidine rings is 1. The summed E-state index contributed by atoms with van der Waals surface area (Å²) in [7, 11) is 0. The van der Waals surface area contributed by atoms with Crippen molar-refractivity contribution in [1.29, 1.82) is 0 Å². The van der Waals surface area contributed by atoms with Crippen molar-refractivity contribution in [1.82, 2.24) is 4.90 Å². The minimum absolute atomic E-state index is 0.285. The minimum Gasteiger partial charge on any atom is -0.342 e. The molecule has 1 spiro atoms. The molecule has 2 N–H and O–H groups in total. The minimum atomic E-state index is 0.285. The molecule has 0 aromatic carbocycles. The Morgan fingerprint density at radius 3 is 2.36 bits per heavy atom. The van der Waals surface area contributed by atoms with E-state index in [1.54, 1.807) is 0 Å². The molecule has 0 aromatic rings. The zero-order valence-electron chi connectivity index (χ0n) is 13.7. The quantitative estimate of drug-likeness (QED) is 0.809. The SMILES string of the molecule is N[C@@H]1C23CC[C@@H](C2C3)[C@]12CCCC(C(=O)N1CCCCC1)C2. The fourth-order valence-corrected chi connectivity index (χ4v) is 7.35. The van der Waals surface area contributed by atoms with Gasteiger partial charge in [-0.3, -0.25) is 4.79 Å². The molecule has 0 radical (unpaired) electrons. The molecule has 1 heterocycles. The number of nitrogens with two attached hydrogens (primary N) is 1. The molecular weight excluding hydrogens is 272 g/mol. The zero-order chi connectivity index (χ0) is 14.9. The van der Waals surface area contributed by atoms with Gasteiger partial charge in [0, 0.05) is 25.0 Å². The molecular formula is C19H30N2O. The van der Waals surface area contributed by atoms with Gasteiger partial charge in [0.2, 0.25) is 5.91 Å². The van der Waals surface area contributed by atoms with Crippen molar-refractivity contribution in [2.24, 2.45) is 34.3 Å². The number of likely N-dealkylation sites (tertiary alicyclic amines) is 1. The molecule has 1 amide bonds. The highest BCUT2D eigenvalue weighted by Crippen LogP contribution is 2.81. The zero-order valence-corrected chi connectivity index (χ0v) is 13.7. The first kappa shape index (κ1) is 13.8. The number of hydrogen-bond acceptors (Lipinski definition) is 2. The van der Waals surface area contributed by atoms with Gasteiger partial charge < -0.3 is 10.6 Å². The Balaban J connectivity index is 1.36. The third-order valence-electron chi connectivity index (χ3n) is 8.40. The van der Waals surface area contributed by atoms with Gasteiger partial charge in [0.05, 0.1) is 0 Å². The molecule has 5 fully saturated rings. The molecule has 5 aliphatic rings. The lowest BCUT2D eigenvalue weighted by atomic mass is 9.56. The van der Waals surface area contributed by atoms with Crippen molar-refractivity contribution in [2.75, 3.05) is 13.1 Å². The first-order valence-electron chi connectivity index (χ1n) is 9.72. The maximum absolute atomic E-state index is 13.0. The average molecular weight is 302 g/mol. The van der Waals surface area contributed by atoms with Gasteiger partial charge in [0.1, 0.15) is 0 Å². The molecule has 6 atom stereocenters. The van der Waals surface area contributed by atoms with Crippen molar-refractivity contribution >= 4 is 5.91 Å². The number of nitrogens with zero attached hydrogens (tertiary/aromatic N) is 1. The normalized spacial score (nSPS) is 52.9. The molecule has 4 aliphatic carbocycles. The monoisotopic (exact) mass is 302 g/mol. The highest BCUT2D eigenvalue weighted by Gasteiger charge is 2.78. The van der Waals surface area contributed by atoms with E-state index in [0.29, 0.717) is 22.8 Å². The van der Waals surface area contributed by atoms with Crippen LogP contribution in [0.15, 0.2) is 0 Å². The largest absolute Gasteiger partial charge is 0.342 e. The molecule has 2 bridgehead atoms. The first-order valence-corrected chi connectivity index (χ1v) is 9.72. The molecule has 1 saturated heterocycles. The van der Waals surface area contributed by atoms with Gasteiger partial charge >= 0.3 is 0 Å². The predicted molar refractivity (Wildman–Crippen MR) is 86.1 cm³/mol. The van der Waals surface area contributed by atoms with Crippen LogP contribution in [0.1, 0.15) is 64.2 Å². The van der Waals surface area contributed by atoms with Crippen LogP contribution in [0.3, 0.4) is 0 Å². The van der Waals surface area contributed by atoms with Gasteiger partial charge in [-0.2, -0.15) is 0 Å². The van der Waals surface area contributed by atoms with Crippen LogP contribution >= 0.6 is 0 Å². The Bertz CT molecular complexity index is 496. The summed E-state index contributed by atoms with van der Waals surface area (Å²) >= 11 is 0. The van der Waals surface area contributed by atoms with Gasteiger partial charge in [0.15, 0.2) is 0 Å². The number of hydrogen-bond donors (Lipinski definition) is 1. The highest BCUT2D eigenvalue weighted by atomic mass is 16.2. The third-order valence-corrected chi connectivity index (χ3v) is 8.40. The summed E-state index contributed by atoms with van der Waals surface area (Å²) in [6.45, 7) is 2.01. The molecule has 122 valence electrons. The molecule has 3 unspecified atom stereocenters. The Hall–Kier alpha value is -0.570. The van der Waals surface area contributed by atoms with E-state index in [0.717, 1.165) is 37.8 Å². The predicted octanol–water partition coefficient (Wildman–Crippen LogP) is 2.93. The van der Waals surface area contributed by atoms with Crippen molar-refractivity contribution in [2.45, 2.75) is 70.3 Å². The Kier molecular flexibility index (Phi) is 2.83. The lowest BCUT2D eigenvalue weighted by molar-refractivity contribution is -0.140. The number of rotatable bonds is 1. The number of carbonyl (C=O) groups is 1. The Morgan fingerprint density at radius 1 is 0.909 bits per heavy atom. The van der Waals surface area contributed by atoms with Crippen LogP contribution in [0, 0.1) is 28.6 Å². The summed E-state index contributed by atoms with van der Waals surface area (Å²) < 4.78 is 0. The average Bonchev–Trinajstić information content (AvgIpc) is 3.13. The number of carbonyl (C=O) groups excluding carboxylic acids is 1. The first-order chi connectivity index (χ1) is 10.7. The van der Waals surface area contributed by atoms with Gasteiger partial charge in [-0.1, -0.05) is 6.42 Å². The third kappa shape index (κ3) is 1.59. The van der Waals surface area contributed by atoms with E-state index in [-0.39, 0.29) is 5.92 Å². The van der Waals surface area contributed by atoms with E-state index >= 15 is 0 Å². The van der Waals surface area contributed by atoms with E-state index in [2.05, 4.69) is 4.90 Å². The Morgan fingerprint density at radius 2 is 1.68 bits per heavy atom. The van der Waals surface area contributed by atoms with Crippen LogP contribution < -0.4 is 5.73 Å². The van der Waals surface area contributed by atoms with Crippen molar-refractivity contribution < 1.29 is 4.79 Å². The summed E-state index contributed by atoms with van der Waals surface area (Å²) in [6, 6.07) is 0.403. The number of amides is 1. The molecule has 3 heteroatoms. The van der Waals surface area contributed by atoms with Crippen molar-refractivity contribution in [3.63, 3.8) is 0 Å². The second-order valence-electron chi connectivity index (χ2n) is 9.08. The van der Waals surface area contributed by atoms with E-state index in [9.17, 15) is 4.79 Å². The van der Waals surface area contributed by atoms with Crippen LogP contribution in [0.25, 0.3) is 0 Å². The number of fused-ring (bicyclic) bond motifs is 1. The lowest BCUT2D eigenvalue weighted by Gasteiger charge is -2.51. The Labute approximate surface area is 134 Å². The maximum Gasteiger partial charge on any atom is 0.225 e. The molecule has 1 aliphatic heterocycles. The molecule has 3 nitrogen and oxygen atoms in total. The van der Waals surface area contributed by atoms with Gasteiger partial charge in [0.25, 0.3) is 0 Å².